The highest BCUT2D eigenvalue weighted by atomic mass is 32.1. The SMILES string of the molecule is CC(O)C1CCN(c2ncns2)CC1. The van der Waals surface area contributed by atoms with Crippen LogP contribution in [-0.2, 0) is 0 Å². The summed E-state index contributed by atoms with van der Waals surface area (Å²) < 4.78 is 3.99. The van der Waals surface area contributed by atoms with E-state index in [9.17, 15) is 5.11 Å². The van der Waals surface area contributed by atoms with Crippen LogP contribution in [-0.4, -0.2) is 33.7 Å². The molecule has 0 bridgehead atoms. The molecule has 0 amide bonds. The van der Waals surface area contributed by atoms with Gasteiger partial charge in [0.2, 0.25) is 5.13 Å². The molecule has 78 valence electrons. The number of hydrogen-bond donors (Lipinski definition) is 1. The standard InChI is InChI=1S/C9H15N3OS/c1-7(13)8-2-4-12(5-3-8)9-10-6-11-14-9/h6-8,13H,2-5H2,1H3. The summed E-state index contributed by atoms with van der Waals surface area (Å²) in [5.41, 5.74) is 0. The molecule has 0 spiro atoms. The Kier molecular flexibility index (Phi) is 2.98. The minimum atomic E-state index is -0.174. The Hall–Kier alpha value is -0.680. The lowest BCUT2D eigenvalue weighted by molar-refractivity contribution is 0.110. The smallest absolute Gasteiger partial charge is 0.204 e. The van der Waals surface area contributed by atoms with Crippen molar-refractivity contribution < 1.29 is 5.11 Å². The van der Waals surface area contributed by atoms with E-state index in [-0.39, 0.29) is 6.10 Å². The predicted octanol–water partition coefficient (Wildman–Crippen LogP) is 1.14. The van der Waals surface area contributed by atoms with Crippen molar-refractivity contribution in [1.29, 1.82) is 0 Å². The van der Waals surface area contributed by atoms with Gasteiger partial charge in [-0.1, -0.05) is 0 Å². The lowest BCUT2D eigenvalue weighted by Crippen LogP contribution is -2.36. The fourth-order valence-corrected chi connectivity index (χ4v) is 2.46. The average molecular weight is 213 g/mol. The van der Waals surface area contributed by atoms with Gasteiger partial charge in [-0.2, -0.15) is 4.37 Å². The normalized spacial score (nSPS) is 21.1. The van der Waals surface area contributed by atoms with Gasteiger partial charge in [-0.3, -0.25) is 0 Å². The molecule has 0 aliphatic carbocycles. The van der Waals surface area contributed by atoms with E-state index in [0.29, 0.717) is 5.92 Å². The Morgan fingerprint density at radius 1 is 1.57 bits per heavy atom. The molecule has 1 N–H and O–H groups in total. The maximum atomic E-state index is 9.45. The van der Waals surface area contributed by atoms with Crippen LogP contribution in [0.4, 0.5) is 5.13 Å². The van der Waals surface area contributed by atoms with Gasteiger partial charge in [0.25, 0.3) is 0 Å². The van der Waals surface area contributed by atoms with Crippen LogP contribution in [0.3, 0.4) is 0 Å². The van der Waals surface area contributed by atoms with E-state index in [1.54, 1.807) is 6.33 Å². The molecule has 1 fully saturated rings. The lowest BCUT2D eigenvalue weighted by Gasteiger charge is -2.32. The van der Waals surface area contributed by atoms with Crippen LogP contribution in [0, 0.1) is 5.92 Å². The van der Waals surface area contributed by atoms with Gasteiger partial charge < -0.3 is 10.0 Å². The van der Waals surface area contributed by atoms with Crippen molar-refractivity contribution in [3.63, 3.8) is 0 Å². The van der Waals surface area contributed by atoms with Gasteiger partial charge in [0.1, 0.15) is 6.33 Å². The first-order chi connectivity index (χ1) is 6.77. The second-order valence-electron chi connectivity index (χ2n) is 3.79. The molecule has 0 saturated carbocycles. The van der Waals surface area contributed by atoms with Crippen LogP contribution in [0.2, 0.25) is 0 Å². The van der Waals surface area contributed by atoms with E-state index in [1.807, 2.05) is 6.92 Å². The van der Waals surface area contributed by atoms with Gasteiger partial charge in [-0.25, -0.2) is 4.98 Å². The summed E-state index contributed by atoms with van der Waals surface area (Å²) in [5, 5.41) is 10.5. The van der Waals surface area contributed by atoms with E-state index >= 15 is 0 Å². The predicted molar refractivity (Wildman–Crippen MR) is 56.5 cm³/mol. The molecule has 2 heterocycles. The highest BCUT2D eigenvalue weighted by molar-refractivity contribution is 7.09. The number of aliphatic hydroxyl groups is 1. The topological polar surface area (TPSA) is 49.2 Å². The Bertz CT molecular complexity index is 268. The van der Waals surface area contributed by atoms with Gasteiger partial charge in [0.15, 0.2) is 0 Å². The van der Waals surface area contributed by atoms with E-state index in [4.69, 9.17) is 0 Å². The van der Waals surface area contributed by atoms with E-state index < -0.39 is 0 Å². The zero-order valence-corrected chi connectivity index (χ0v) is 9.07. The number of hydrogen-bond acceptors (Lipinski definition) is 5. The van der Waals surface area contributed by atoms with Gasteiger partial charge in [0.05, 0.1) is 6.10 Å². The number of rotatable bonds is 2. The fourth-order valence-electron chi connectivity index (χ4n) is 1.88. The van der Waals surface area contributed by atoms with Crippen LogP contribution in [0.15, 0.2) is 6.33 Å². The van der Waals surface area contributed by atoms with Gasteiger partial charge in [-0.05, 0) is 25.7 Å². The third-order valence-corrected chi connectivity index (χ3v) is 3.57. The average Bonchev–Trinajstić information content (AvgIpc) is 2.71. The zero-order chi connectivity index (χ0) is 9.97. The Morgan fingerprint density at radius 2 is 2.29 bits per heavy atom. The van der Waals surface area contributed by atoms with Gasteiger partial charge in [0, 0.05) is 24.6 Å². The molecule has 5 heteroatoms. The molecule has 1 aliphatic rings. The molecule has 1 aromatic rings. The Labute approximate surface area is 87.8 Å². The van der Waals surface area contributed by atoms with Gasteiger partial charge in [-0.15, -0.1) is 0 Å². The molecule has 1 aliphatic heterocycles. The maximum Gasteiger partial charge on any atom is 0.204 e. The zero-order valence-electron chi connectivity index (χ0n) is 8.26. The van der Waals surface area contributed by atoms with Crippen molar-refractivity contribution in [2.45, 2.75) is 25.9 Å². The van der Waals surface area contributed by atoms with Crippen molar-refractivity contribution in [3.05, 3.63) is 6.33 Å². The largest absolute Gasteiger partial charge is 0.393 e. The van der Waals surface area contributed by atoms with Crippen molar-refractivity contribution in [2.24, 2.45) is 5.92 Å². The summed E-state index contributed by atoms with van der Waals surface area (Å²) in [6.07, 6.45) is 3.53. The van der Waals surface area contributed by atoms with E-state index in [0.717, 1.165) is 31.1 Å². The monoisotopic (exact) mass is 213 g/mol. The molecule has 1 saturated heterocycles. The minimum Gasteiger partial charge on any atom is -0.393 e. The van der Waals surface area contributed by atoms with E-state index in [1.165, 1.54) is 11.5 Å². The van der Waals surface area contributed by atoms with Gasteiger partial charge >= 0.3 is 0 Å². The summed E-state index contributed by atoms with van der Waals surface area (Å²) in [7, 11) is 0. The molecule has 1 aromatic heterocycles. The summed E-state index contributed by atoms with van der Waals surface area (Å²) in [4.78, 5) is 6.43. The first-order valence-corrected chi connectivity index (χ1v) is 5.74. The Morgan fingerprint density at radius 3 is 2.79 bits per heavy atom. The highest BCUT2D eigenvalue weighted by Crippen LogP contribution is 2.25. The highest BCUT2D eigenvalue weighted by Gasteiger charge is 2.23. The molecular weight excluding hydrogens is 198 g/mol. The third-order valence-electron chi connectivity index (χ3n) is 2.84. The summed E-state index contributed by atoms with van der Waals surface area (Å²) in [6.45, 7) is 3.86. The molecule has 4 nitrogen and oxygen atoms in total. The first kappa shape index (κ1) is 9.86. The number of aliphatic hydroxyl groups excluding tert-OH is 1. The van der Waals surface area contributed by atoms with Crippen LogP contribution in [0.25, 0.3) is 0 Å². The second-order valence-corrected chi connectivity index (χ2v) is 4.55. The van der Waals surface area contributed by atoms with Crippen molar-refractivity contribution >= 4 is 16.7 Å². The van der Waals surface area contributed by atoms with E-state index in [2.05, 4.69) is 14.3 Å². The van der Waals surface area contributed by atoms with Crippen LogP contribution in [0.5, 0.6) is 0 Å². The molecule has 0 aromatic carbocycles. The molecule has 2 rings (SSSR count). The molecule has 14 heavy (non-hydrogen) atoms. The molecule has 1 unspecified atom stereocenters. The number of anilines is 1. The summed E-state index contributed by atoms with van der Waals surface area (Å²) in [5.74, 6) is 0.458. The number of piperidine rings is 1. The number of aromatic nitrogens is 2. The molecule has 0 radical (unpaired) electrons. The third kappa shape index (κ3) is 2.04. The van der Waals surface area contributed by atoms with Crippen molar-refractivity contribution in [3.8, 4) is 0 Å². The van der Waals surface area contributed by atoms with Crippen molar-refractivity contribution in [1.82, 2.24) is 9.36 Å². The lowest BCUT2D eigenvalue weighted by atomic mass is 9.92. The summed E-state index contributed by atoms with van der Waals surface area (Å²) >= 11 is 1.44. The first-order valence-electron chi connectivity index (χ1n) is 4.97. The Balaban J connectivity index is 1.90. The maximum absolute atomic E-state index is 9.45. The molecule has 1 atom stereocenters. The van der Waals surface area contributed by atoms with Crippen LogP contribution >= 0.6 is 11.5 Å². The van der Waals surface area contributed by atoms with Crippen molar-refractivity contribution in [2.75, 3.05) is 18.0 Å². The second kappa shape index (κ2) is 4.23. The minimum absolute atomic E-state index is 0.174. The quantitative estimate of drug-likeness (QED) is 0.800. The number of nitrogens with zero attached hydrogens (tertiary/aromatic N) is 3. The fraction of sp³-hybridized carbons (Fsp3) is 0.778. The summed E-state index contributed by atoms with van der Waals surface area (Å²) in [6, 6.07) is 0. The van der Waals surface area contributed by atoms with Crippen LogP contribution in [0.1, 0.15) is 19.8 Å². The molecular formula is C9H15N3OS. The van der Waals surface area contributed by atoms with Crippen LogP contribution < -0.4 is 4.90 Å².